The second-order valence-corrected chi connectivity index (χ2v) is 17.9. The number of carbonyl (C=O) groups is 6. The predicted octanol–water partition coefficient (Wildman–Crippen LogP) is 6.67. The minimum Gasteiger partial charge on any atom is -0.385 e. The Kier molecular flexibility index (Phi) is 13.0. The monoisotopic (exact) mass is 917 g/mol. The van der Waals surface area contributed by atoms with Crippen LogP contribution in [-0.4, -0.2) is 98.7 Å². The zero-order chi connectivity index (χ0) is 46.9. The van der Waals surface area contributed by atoms with Gasteiger partial charge in [0.1, 0.15) is 17.6 Å². The van der Waals surface area contributed by atoms with E-state index >= 15 is 0 Å². The average molecular weight is 918 g/mol. The van der Waals surface area contributed by atoms with Crippen LogP contribution in [-0.2, 0) is 19.2 Å². The third kappa shape index (κ3) is 9.18. The van der Waals surface area contributed by atoms with Gasteiger partial charge in [0.05, 0.1) is 40.4 Å². The van der Waals surface area contributed by atoms with E-state index in [0.29, 0.717) is 56.3 Å². The number of aryl methyl sites for hydroxylation is 2. The van der Waals surface area contributed by atoms with Crippen LogP contribution in [0.4, 0.5) is 20.2 Å². The van der Waals surface area contributed by atoms with E-state index in [-0.39, 0.29) is 60.5 Å². The molecule has 3 N–H and O–H groups in total. The van der Waals surface area contributed by atoms with Crippen molar-refractivity contribution in [1.82, 2.24) is 35.1 Å². The molecule has 1 unspecified atom stereocenters. The molecule has 67 heavy (non-hydrogen) atoms. The molecule has 0 radical (unpaired) electrons. The van der Waals surface area contributed by atoms with E-state index in [4.69, 9.17) is 9.51 Å². The summed E-state index contributed by atoms with van der Waals surface area (Å²) in [5, 5.41) is 12.7. The molecular weight excluding hydrogens is 865 g/mol. The Bertz CT molecular complexity index is 2760. The average Bonchev–Trinajstić information content (AvgIpc) is 3.94. The van der Waals surface area contributed by atoms with Gasteiger partial charge in [-0.1, -0.05) is 24.1 Å². The van der Waals surface area contributed by atoms with Crippen molar-refractivity contribution >= 4 is 57.9 Å². The van der Waals surface area contributed by atoms with E-state index in [9.17, 15) is 37.5 Å². The number of nitrogens with one attached hydrogen (secondary N) is 3. The number of halogens is 2. The lowest BCUT2D eigenvalue weighted by Crippen LogP contribution is -2.54. The molecule has 18 heteroatoms. The Morgan fingerprint density at radius 2 is 1.58 bits per heavy atom. The molecule has 0 spiro atoms. The summed E-state index contributed by atoms with van der Waals surface area (Å²) in [4.78, 5) is 86.6. The molecule has 0 aliphatic carbocycles. The molecule has 4 aliphatic rings. The molecule has 3 aromatic carbocycles. The molecule has 16 nitrogen and oxygen atoms in total. The highest BCUT2D eigenvalue weighted by Crippen LogP contribution is 2.41. The lowest BCUT2D eigenvalue weighted by Gasteiger charge is -2.38. The molecule has 3 fully saturated rings. The van der Waals surface area contributed by atoms with Gasteiger partial charge in [-0.25, -0.2) is 13.8 Å². The van der Waals surface area contributed by atoms with E-state index in [1.165, 1.54) is 6.07 Å². The van der Waals surface area contributed by atoms with Crippen LogP contribution in [0.2, 0.25) is 0 Å². The van der Waals surface area contributed by atoms with E-state index in [0.717, 1.165) is 83.4 Å². The van der Waals surface area contributed by atoms with E-state index in [1.807, 2.05) is 32.0 Å². The van der Waals surface area contributed by atoms with Crippen molar-refractivity contribution in [1.29, 1.82) is 0 Å². The van der Waals surface area contributed by atoms with Crippen molar-refractivity contribution < 1.29 is 42.1 Å². The second kappa shape index (κ2) is 19.2. The van der Waals surface area contributed by atoms with E-state index in [2.05, 4.69) is 30.6 Å². The number of piperidine rings is 3. The number of likely N-dealkylation sites (tertiary alicyclic amines) is 1. The number of imidazole rings is 1. The highest BCUT2D eigenvalue weighted by molar-refractivity contribution is 6.23. The van der Waals surface area contributed by atoms with Crippen molar-refractivity contribution in [3.05, 3.63) is 94.6 Å². The largest absolute Gasteiger partial charge is 0.385 e. The van der Waals surface area contributed by atoms with Gasteiger partial charge in [0.25, 0.3) is 11.8 Å². The Morgan fingerprint density at radius 1 is 0.806 bits per heavy atom. The SMILES string of the molecule is Cc1noc(C)c1-c1ccc2c(c1)nc([C@@H]1CCCC(=O)N1c1ccc(F)c(F)c1)n2C1CCN(CC(=O)NCCCCCCNc2ccc3c(c2)C(=O)N(C2CCC(=O)NC2=O)C3=O)CC1. The summed E-state index contributed by atoms with van der Waals surface area (Å²) in [5.74, 6) is -2.98. The first kappa shape index (κ1) is 45.3. The van der Waals surface area contributed by atoms with Gasteiger partial charge >= 0.3 is 0 Å². The summed E-state index contributed by atoms with van der Waals surface area (Å²) in [7, 11) is 0. The van der Waals surface area contributed by atoms with Crippen LogP contribution in [0.15, 0.2) is 59.1 Å². The first-order valence-corrected chi connectivity index (χ1v) is 23.2. The number of benzene rings is 3. The Morgan fingerprint density at radius 3 is 2.33 bits per heavy atom. The number of anilines is 2. The molecule has 5 aromatic rings. The number of aromatic nitrogens is 3. The lowest BCUT2D eigenvalue weighted by molar-refractivity contribution is -0.136. The maximum atomic E-state index is 14.6. The molecule has 6 heterocycles. The molecule has 2 atom stereocenters. The van der Waals surface area contributed by atoms with Crippen LogP contribution in [0, 0.1) is 25.5 Å². The van der Waals surface area contributed by atoms with Gasteiger partial charge in [-0.3, -0.25) is 43.9 Å². The van der Waals surface area contributed by atoms with Crippen molar-refractivity contribution in [2.75, 3.05) is 42.9 Å². The number of rotatable bonds is 15. The number of imide groups is 2. The third-order valence-corrected chi connectivity index (χ3v) is 13.5. The van der Waals surface area contributed by atoms with Crippen LogP contribution < -0.4 is 20.9 Å². The Labute approximate surface area is 385 Å². The number of hydrogen-bond acceptors (Lipinski definition) is 11. The molecule has 9 rings (SSSR count). The van der Waals surface area contributed by atoms with Crippen molar-refractivity contribution in [3.63, 3.8) is 0 Å². The molecule has 4 aliphatic heterocycles. The highest BCUT2D eigenvalue weighted by atomic mass is 19.2. The Balaban J connectivity index is 0.766. The van der Waals surface area contributed by atoms with Crippen molar-refractivity contribution in [2.24, 2.45) is 0 Å². The van der Waals surface area contributed by atoms with Gasteiger partial charge in [0, 0.05) is 68.1 Å². The minimum atomic E-state index is -1.02. The smallest absolute Gasteiger partial charge is 0.262 e. The fraction of sp³-hybridized carbons (Fsp3) is 0.429. The maximum Gasteiger partial charge on any atom is 0.262 e. The summed E-state index contributed by atoms with van der Waals surface area (Å²) in [5.41, 5.74) is 5.65. The summed E-state index contributed by atoms with van der Waals surface area (Å²) in [6, 6.07) is 13.1. The van der Waals surface area contributed by atoms with Crippen LogP contribution in [0.1, 0.15) is 121 Å². The molecule has 3 saturated heterocycles. The van der Waals surface area contributed by atoms with E-state index < -0.39 is 47.3 Å². The van der Waals surface area contributed by atoms with Gasteiger partial charge in [0.15, 0.2) is 11.6 Å². The van der Waals surface area contributed by atoms with Crippen LogP contribution in [0.3, 0.4) is 0 Å². The molecular formula is C49H53F2N9O7. The number of hydrogen-bond donors (Lipinski definition) is 3. The lowest BCUT2D eigenvalue weighted by atomic mass is 9.98. The standard InChI is InChI=1S/C49H53F2N9O7/c1-28-45(29(2)67-56-28)30-10-15-39-38(24-30)54-46(40-8-7-9-44(63)58(40)33-12-14-36(50)37(51)26-33)59(39)32-18-22-57(23-19-32)27-43(62)53-21-6-4-3-5-20-52-31-11-13-34-35(25-31)49(66)60(48(34)65)41-16-17-42(61)55-47(41)64/h10-15,24-26,32,40-41,52H,3-9,16-23,27H2,1-2H3,(H,53,62)(H,55,61,64)/t40-,41?/m0/s1. The van der Waals surface area contributed by atoms with Crippen LogP contribution >= 0.6 is 0 Å². The number of carbonyl (C=O) groups excluding carboxylic acids is 6. The van der Waals surface area contributed by atoms with Gasteiger partial charge in [-0.15, -0.1) is 0 Å². The highest BCUT2D eigenvalue weighted by Gasteiger charge is 2.45. The Hall–Kier alpha value is -6.82. The molecule has 0 bridgehead atoms. The van der Waals surface area contributed by atoms with Crippen molar-refractivity contribution in [3.8, 4) is 11.1 Å². The summed E-state index contributed by atoms with van der Waals surface area (Å²) in [6.45, 7) is 6.58. The molecule has 350 valence electrons. The topological polar surface area (TPSA) is 192 Å². The summed E-state index contributed by atoms with van der Waals surface area (Å²) in [6.07, 6.45) is 6.64. The number of nitrogens with zero attached hydrogens (tertiary/aromatic N) is 6. The molecule has 2 aromatic heterocycles. The van der Waals surface area contributed by atoms with Crippen LogP contribution in [0.5, 0.6) is 0 Å². The normalized spacial score (nSPS) is 19.4. The van der Waals surface area contributed by atoms with Crippen LogP contribution in [0.25, 0.3) is 22.2 Å². The van der Waals surface area contributed by atoms with Gasteiger partial charge in [-0.05, 0) is 107 Å². The maximum absolute atomic E-state index is 14.6. The summed E-state index contributed by atoms with van der Waals surface area (Å²) >= 11 is 0. The zero-order valence-corrected chi connectivity index (χ0v) is 37.5. The first-order chi connectivity index (χ1) is 32.4. The number of fused-ring (bicyclic) bond motifs is 2. The first-order valence-electron chi connectivity index (χ1n) is 23.2. The van der Waals surface area contributed by atoms with Gasteiger partial charge in [0.2, 0.25) is 23.6 Å². The molecule has 6 amide bonds. The number of amides is 6. The quantitative estimate of drug-likeness (QED) is 0.0751. The number of unbranched alkanes of at least 4 members (excludes halogenated alkanes) is 3. The van der Waals surface area contributed by atoms with Gasteiger partial charge in [-0.2, -0.15) is 0 Å². The third-order valence-electron chi connectivity index (χ3n) is 13.5. The van der Waals surface area contributed by atoms with Crippen molar-refractivity contribution in [2.45, 2.75) is 103 Å². The van der Waals surface area contributed by atoms with E-state index in [1.54, 1.807) is 23.1 Å². The zero-order valence-electron chi connectivity index (χ0n) is 37.5. The van der Waals surface area contributed by atoms with Gasteiger partial charge < -0.3 is 24.6 Å². The second-order valence-electron chi connectivity index (χ2n) is 17.9. The molecule has 0 saturated carbocycles. The summed E-state index contributed by atoms with van der Waals surface area (Å²) < 4.78 is 36.3. The predicted molar refractivity (Wildman–Crippen MR) is 243 cm³/mol. The minimum absolute atomic E-state index is 0.00675. The fourth-order valence-electron chi connectivity index (χ4n) is 10.1. The fourth-order valence-corrected chi connectivity index (χ4v) is 10.1.